The van der Waals surface area contributed by atoms with Crippen molar-refractivity contribution >= 4 is 34.1 Å². The van der Waals surface area contributed by atoms with E-state index in [4.69, 9.17) is 0 Å². The normalized spacial score (nSPS) is 18.0. The summed E-state index contributed by atoms with van der Waals surface area (Å²) in [6.07, 6.45) is 2.17. The van der Waals surface area contributed by atoms with Gasteiger partial charge in [-0.2, -0.15) is 0 Å². The first-order valence-corrected chi connectivity index (χ1v) is 10.4. The number of rotatable bonds is 3. The zero-order valence-corrected chi connectivity index (χ0v) is 15.9. The molecule has 0 bridgehead atoms. The van der Waals surface area contributed by atoms with Crippen molar-refractivity contribution in [3.63, 3.8) is 0 Å². The molecule has 2 aliphatic rings. The Balaban J connectivity index is 1.52. The van der Waals surface area contributed by atoms with Crippen molar-refractivity contribution in [1.82, 2.24) is 4.90 Å². The fraction of sp³-hybridized carbons (Fsp3) is 0.227. The third-order valence-electron chi connectivity index (χ3n) is 5.65. The smallest absolute Gasteiger partial charge is 0.269 e. The molecule has 5 nitrogen and oxygen atoms in total. The van der Waals surface area contributed by atoms with Gasteiger partial charge in [-0.1, -0.05) is 30.3 Å². The van der Waals surface area contributed by atoms with Crippen LogP contribution in [0.1, 0.15) is 32.4 Å². The largest absolute Gasteiger partial charge is 0.322 e. The van der Waals surface area contributed by atoms with Crippen molar-refractivity contribution in [2.75, 3.05) is 12.3 Å². The molecule has 5 rings (SSSR count). The van der Waals surface area contributed by atoms with Crippen molar-refractivity contribution < 1.29 is 9.72 Å². The fourth-order valence-corrected chi connectivity index (χ4v) is 5.60. The van der Waals surface area contributed by atoms with Gasteiger partial charge in [-0.25, -0.2) is 0 Å². The topological polar surface area (TPSA) is 63.4 Å². The lowest BCUT2D eigenvalue weighted by atomic mass is 9.99. The molecule has 0 saturated carbocycles. The number of hydrogen-bond donors (Lipinski definition) is 0. The van der Waals surface area contributed by atoms with Gasteiger partial charge in [0.1, 0.15) is 5.37 Å². The summed E-state index contributed by atoms with van der Waals surface area (Å²) < 4.78 is 0. The minimum absolute atomic E-state index is 0.00333. The Morgan fingerprint density at radius 1 is 1.04 bits per heavy atom. The minimum atomic E-state index is -0.449. The van der Waals surface area contributed by atoms with E-state index >= 15 is 0 Å². The maximum absolute atomic E-state index is 13.1. The molecule has 6 heteroatoms. The number of hydrogen-bond acceptors (Lipinski definition) is 4. The Morgan fingerprint density at radius 3 is 2.54 bits per heavy atom. The quantitative estimate of drug-likeness (QED) is 0.479. The van der Waals surface area contributed by atoms with Crippen molar-refractivity contribution in [3.05, 3.63) is 87.0 Å². The van der Waals surface area contributed by atoms with Gasteiger partial charge in [0.25, 0.3) is 11.6 Å². The van der Waals surface area contributed by atoms with E-state index in [9.17, 15) is 14.9 Å². The summed E-state index contributed by atoms with van der Waals surface area (Å²) in [5.74, 6) is 0.805. The minimum Gasteiger partial charge on any atom is -0.322 e. The molecule has 3 aromatic rings. The van der Waals surface area contributed by atoms with E-state index < -0.39 is 4.92 Å². The van der Waals surface area contributed by atoms with Gasteiger partial charge in [-0.05, 0) is 52.4 Å². The number of non-ortho nitro benzene ring substituents is 1. The van der Waals surface area contributed by atoms with Crippen LogP contribution < -0.4 is 0 Å². The highest BCUT2D eigenvalue weighted by atomic mass is 32.2. The predicted octanol–water partition coefficient (Wildman–Crippen LogP) is 4.73. The molecule has 1 aliphatic carbocycles. The number of benzene rings is 3. The summed E-state index contributed by atoms with van der Waals surface area (Å²) in [7, 11) is 0. The Kier molecular flexibility index (Phi) is 4.09. The van der Waals surface area contributed by atoms with Crippen LogP contribution >= 0.6 is 11.8 Å². The van der Waals surface area contributed by atoms with Gasteiger partial charge in [0.2, 0.25) is 0 Å². The Labute approximate surface area is 166 Å². The molecular formula is C22H18N2O3S. The second-order valence-corrected chi connectivity index (χ2v) is 8.37. The summed E-state index contributed by atoms with van der Waals surface area (Å²) in [6.45, 7) is 0.675. The molecule has 1 atom stereocenters. The third-order valence-corrected chi connectivity index (χ3v) is 6.90. The SMILES string of the molecule is O=C(c1ccc([N+](=O)[O-])cc1)N1CCS[C@H]1c1ccc2c3c(cccc13)CC2. The Hall–Kier alpha value is -2.86. The monoisotopic (exact) mass is 390 g/mol. The van der Waals surface area contributed by atoms with Crippen molar-refractivity contribution in [3.8, 4) is 0 Å². The Morgan fingerprint density at radius 2 is 1.79 bits per heavy atom. The molecule has 1 fully saturated rings. The standard InChI is InChI=1S/C22H18N2O3S/c25-21(16-6-9-17(10-7-16)24(26)27)23-12-13-28-22(23)19-11-8-15-5-4-14-2-1-3-18(19)20(14)15/h1-3,6-11,22H,4-5,12-13H2/t22-/m0/s1. The van der Waals surface area contributed by atoms with Gasteiger partial charge in [-0.3, -0.25) is 14.9 Å². The van der Waals surface area contributed by atoms with E-state index in [0.29, 0.717) is 12.1 Å². The van der Waals surface area contributed by atoms with E-state index in [1.54, 1.807) is 23.9 Å². The van der Waals surface area contributed by atoms with Crippen molar-refractivity contribution in [2.24, 2.45) is 0 Å². The van der Waals surface area contributed by atoms with E-state index in [-0.39, 0.29) is 17.0 Å². The zero-order chi connectivity index (χ0) is 19.3. The molecule has 1 heterocycles. The lowest BCUT2D eigenvalue weighted by molar-refractivity contribution is -0.384. The van der Waals surface area contributed by atoms with Gasteiger partial charge in [0.15, 0.2) is 0 Å². The maximum atomic E-state index is 13.1. The lowest BCUT2D eigenvalue weighted by Gasteiger charge is -2.25. The average molecular weight is 390 g/mol. The van der Waals surface area contributed by atoms with E-state index in [0.717, 1.165) is 18.6 Å². The van der Waals surface area contributed by atoms with Gasteiger partial charge in [0.05, 0.1) is 4.92 Å². The Bertz CT molecular complexity index is 1100. The van der Waals surface area contributed by atoms with Crippen LogP contribution in [0.3, 0.4) is 0 Å². The first kappa shape index (κ1) is 17.3. The van der Waals surface area contributed by atoms with Gasteiger partial charge >= 0.3 is 0 Å². The van der Waals surface area contributed by atoms with Crippen LogP contribution in [-0.4, -0.2) is 28.0 Å². The van der Waals surface area contributed by atoms with Crippen LogP contribution in [0.2, 0.25) is 0 Å². The van der Waals surface area contributed by atoms with E-state index in [2.05, 4.69) is 30.3 Å². The third kappa shape index (κ3) is 2.67. The van der Waals surface area contributed by atoms with Crippen LogP contribution in [-0.2, 0) is 12.8 Å². The summed E-state index contributed by atoms with van der Waals surface area (Å²) >= 11 is 1.78. The van der Waals surface area contributed by atoms with Gasteiger partial charge in [-0.15, -0.1) is 11.8 Å². The highest BCUT2D eigenvalue weighted by Gasteiger charge is 2.33. The number of amides is 1. The number of carbonyl (C=O) groups is 1. The van der Waals surface area contributed by atoms with Crippen LogP contribution in [0, 0.1) is 10.1 Å². The van der Waals surface area contributed by atoms with E-state index in [1.165, 1.54) is 39.6 Å². The summed E-state index contributed by atoms with van der Waals surface area (Å²) in [5.41, 5.74) is 4.46. The van der Waals surface area contributed by atoms with Crippen molar-refractivity contribution in [2.45, 2.75) is 18.2 Å². The van der Waals surface area contributed by atoms with E-state index in [1.807, 2.05) is 4.90 Å². The van der Waals surface area contributed by atoms with Gasteiger partial charge in [0, 0.05) is 30.0 Å². The molecule has 0 aromatic heterocycles. The molecule has 28 heavy (non-hydrogen) atoms. The molecule has 0 unspecified atom stereocenters. The maximum Gasteiger partial charge on any atom is 0.269 e. The number of nitrogens with zero attached hydrogens (tertiary/aromatic N) is 2. The number of aryl methyl sites for hydroxylation is 2. The molecule has 1 saturated heterocycles. The van der Waals surface area contributed by atoms with Crippen LogP contribution in [0.25, 0.3) is 10.8 Å². The van der Waals surface area contributed by atoms with Gasteiger partial charge < -0.3 is 4.90 Å². The summed E-state index contributed by atoms with van der Waals surface area (Å²) in [5, 5.41) is 13.4. The fourth-order valence-electron chi connectivity index (χ4n) is 4.31. The number of carbonyl (C=O) groups excluding carboxylic acids is 1. The molecule has 140 valence electrons. The lowest BCUT2D eigenvalue weighted by Crippen LogP contribution is -2.30. The highest BCUT2D eigenvalue weighted by molar-refractivity contribution is 7.99. The van der Waals surface area contributed by atoms with Crippen LogP contribution in [0.5, 0.6) is 0 Å². The number of nitro benzene ring substituents is 1. The summed E-state index contributed by atoms with van der Waals surface area (Å²) in [6, 6.07) is 16.7. The molecule has 0 N–H and O–H groups in total. The summed E-state index contributed by atoms with van der Waals surface area (Å²) in [4.78, 5) is 25.4. The van der Waals surface area contributed by atoms with Crippen molar-refractivity contribution in [1.29, 1.82) is 0 Å². The number of thioether (sulfide) groups is 1. The molecule has 1 aliphatic heterocycles. The first-order valence-electron chi connectivity index (χ1n) is 9.34. The predicted molar refractivity (Wildman–Crippen MR) is 111 cm³/mol. The highest BCUT2D eigenvalue weighted by Crippen LogP contribution is 2.44. The molecule has 3 aromatic carbocycles. The molecule has 1 amide bonds. The zero-order valence-electron chi connectivity index (χ0n) is 15.1. The van der Waals surface area contributed by atoms with Crippen LogP contribution in [0.15, 0.2) is 54.6 Å². The molecular weight excluding hydrogens is 372 g/mol. The first-order chi connectivity index (χ1) is 13.6. The second kappa shape index (κ2) is 6.63. The van der Waals surface area contributed by atoms with Crippen LogP contribution in [0.4, 0.5) is 5.69 Å². The average Bonchev–Trinajstić information content (AvgIpc) is 3.36. The second-order valence-electron chi connectivity index (χ2n) is 7.18. The molecule has 0 spiro atoms. The number of nitro groups is 1. The molecule has 0 radical (unpaired) electrons.